The fourth-order valence-electron chi connectivity index (χ4n) is 4.65. The van der Waals surface area contributed by atoms with Crippen LogP contribution in [0.3, 0.4) is 0 Å². The maximum atomic E-state index is 13.6. The van der Waals surface area contributed by atoms with Crippen molar-refractivity contribution in [2.24, 2.45) is 5.11 Å². The molecule has 4 rings (SSSR count). The zero-order valence-electron chi connectivity index (χ0n) is 23.8. The molecule has 0 radical (unpaired) electrons. The summed E-state index contributed by atoms with van der Waals surface area (Å²) >= 11 is 0. The Labute approximate surface area is 244 Å². The van der Waals surface area contributed by atoms with Gasteiger partial charge in [0.1, 0.15) is 17.2 Å². The highest BCUT2D eigenvalue weighted by molar-refractivity contribution is 7.92. The molecule has 13 heteroatoms. The molecule has 1 aromatic heterocycles. The van der Waals surface area contributed by atoms with E-state index in [9.17, 15) is 17.6 Å². The molecule has 0 bridgehead atoms. The van der Waals surface area contributed by atoms with Gasteiger partial charge in [0.15, 0.2) is 5.78 Å². The number of anilines is 1. The summed E-state index contributed by atoms with van der Waals surface area (Å²) < 4.78 is 63.4. The normalized spacial score (nSPS) is 13.3. The highest BCUT2D eigenvalue weighted by Gasteiger charge is 2.33. The monoisotopic (exact) mass is 602 g/mol. The van der Waals surface area contributed by atoms with Gasteiger partial charge in [-0.15, -0.1) is 0 Å². The number of fused-ring (bicyclic) bond motifs is 1. The Bertz CT molecular complexity index is 1530. The third-order valence-electron chi connectivity index (χ3n) is 6.81. The molecule has 1 fully saturated rings. The first-order chi connectivity index (χ1) is 20.2. The van der Waals surface area contributed by atoms with Crippen molar-refractivity contribution < 1.29 is 36.2 Å². The lowest BCUT2D eigenvalue weighted by molar-refractivity contribution is 0.0176. The van der Waals surface area contributed by atoms with Crippen molar-refractivity contribution in [2.45, 2.75) is 32.1 Å². The summed E-state index contributed by atoms with van der Waals surface area (Å²) in [5.74, 6) is -0.00314. The lowest BCUT2D eigenvalue weighted by Crippen LogP contribution is -2.34. The van der Waals surface area contributed by atoms with Gasteiger partial charge in [-0.1, -0.05) is 12.0 Å². The Hall–Kier alpha value is -3.48. The molecule has 42 heavy (non-hydrogen) atoms. The lowest BCUT2D eigenvalue weighted by atomic mass is 9.97. The van der Waals surface area contributed by atoms with Crippen LogP contribution < -0.4 is 4.31 Å². The van der Waals surface area contributed by atoms with E-state index in [-0.39, 0.29) is 44.4 Å². The molecule has 1 heterocycles. The number of carbonyl (C=O) groups excluding carboxylic acids is 1. The predicted octanol–water partition coefficient (Wildman–Crippen LogP) is 5.84. The Morgan fingerprint density at radius 3 is 2.31 bits per heavy atom. The number of furan rings is 1. The van der Waals surface area contributed by atoms with Crippen LogP contribution in [-0.2, 0) is 24.2 Å². The summed E-state index contributed by atoms with van der Waals surface area (Å²) in [6.07, 6.45) is 3.24. The highest BCUT2D eigenvalue weighted by atomic mass is 32.2. The van der Waals surface area contributed by atoms with Crippen LogP contribution in [0.4, 0.5) is 10.1 Å². The van der Waals surface area contributed by atoms with Crippen LogP contribution in [-0.4, -0.2) is 73.2 Å². The smallest absolute Gasteiger partial charge is 0.232 e. The van der Waals surface area contributed by atoms with Crippen molar-refractivity contribution in [3.8, 4) is 11.3 Å². The Morgan fingerprint density at radius 2 is 1.71 bits per heavy atom. The maximum absolute atomic E-state index is 13.6. The third kappa shape index (κ3) is 8.08. The van der Waals surface area contributed by atoms with Gasteiger partial charge >= 0.3 is 0 Å². The summed E-state index contributed by atoms with van der Waals surface area (Å²) in [6.45, 7) is 3.86. The average Bonchev–Trinajstić information content (AvgIpc) is 3.74. The summed E-state index contributed by atoms with van der Waals surface area (Å²) in [6, 6.07) is 9.30. The molecule has 0 spiro atoms. The summed E-state index contributed by atoms with van der Waals surface area (Å²) in [4.78, 5) is 15.7. The highest BCUT2D eigenvalue weighted by Crippen LogP contribution is 2.48. The zero-order chi connectivity index (χ0) is 30.1. The second-order valence-electron chi connectivity index (χ2n) is 9.90. The topological polar surface area (TPSA) is 144 Å². The molecule has 0 aliphatic heterocycles. The van der Waals surface area contributed by atoms with Crippen molar-refractivity contribution >= 4 is 32.5 Å². The average molecular weight is 603 g/mol. The third-order valence-corrected chi connectivity index (χ3v) is 7.99. The minimum atomic E-state index is -3.69. The van der Waals surface area contributed by atoms with E-state index in [1.807, 2.05) is 6.07 Å². The molecule has 0 N–H and O–H groups in total. The van der Waals surface area contributed by atoms with Gasteiger partial charge in [0, 0.05) is 34.9 Å². The molecule has 226 valence electrons. The van der Waals surface area contributed by atoms with E-state index >= 15 is 0 Å². The van der Waals surface area contributed by atoms with E-state index < -0.39 is 15.8 Å². The van der Waals surface area contributed by atoms with Crippen LogP contribution in [0, 0.1) is 5.82 Å². The van der Waals surface area contributed by atoms with Crippen LogP contribution in [0.15, 0.2) is 45.9 Å². The SMILES string of the molecule is CCC(=O)c1c(-c2ccc(F)cc2)oc2cc(N(CCOCCOCCOCCN=[N+]=[N-])S(C)(=O)=O)c(C3CC3)cc12. The maximum Gasteiger partial charge on any atom is 0.232 e. The number of Topliss-reactive ketones (excluding diaryl/α,β-unsaturated/α-hetero) is 1. The van der Waals surface area contributed by atoms with E-state index in [1.165, 1.54) is 16.4 Å². The first-order valence-electron chi connectivity index (χ1n) is 13.9. The molecule has 0 unspecified atom stereocenters. The number of ether oxygens (including phenoxy) is 3. The molecule has 11 nitrogen and oxygen atoms in total. The molecule has 1 aliphatic carbocycles. The van der Waals surface area contributed by atoms with Gasteiger partial charge in [-0.2, -0.15) is 0 Å². The van der Waals surface area contributed by atoms with Crippen LogP contribution in [0.1, 0.15) is 48.0 Å². The van der Waals surface area contributed by atoms with Crippen LogP contribution in [0.25, 0.3) is 32.7 Å². The fourth-order valence-corrected chi connectivity index (χ4v) is 5.57. The van der Waals surface area contributed by atoms with Crippen molar-refractivity contribution in [2.75, 3.05) is 63.3 Å². The Kier molecular flexibility index (Phi) is 10.9. The van der Waals surface area contributed by atoms with E-state index in [4.69, 9.17) is 24.2 Å². The number of sulfonamides is 1. The zero-order valence-corrected chi connectivity index (χ0v) is 24.6. The number of azide groups is 1. The number of benzene rings is 2. The quantitative estimate of drug-likeness (QED) is 0.0585. The number of carbonyl (C=O) groups is 1. The number of nitrogens with zero attached hydrogens (tertiary/aromatic N) is 4. The van der Waals surface area contributed by atoms with Gasteiger partial charge in [-0.3, -0.25) is 9.10 Å². The van der Waals surface area contributed by atoms with Crippen molar-refractivity contribution in [1.82, 2.24) is 0 Å². The standard InChI is InChI=1S/C29H35FN4O7S/c1-3-26(35)28-24-18-23(20-4-5-20)25(19-27(24)41-29(28)21-6-8-22(30)9-7-21)34(42(2,36)37)11-13-39-15-17-40-16-14-38-12-10-32-33-31/h6-9,18-20H,3-5,10-17H2,1-2H3. The van der Waals surface area contributed by atoms with E-state index in [2.05, 4.69) is 10.0 Å². The first kappa shape index (κ1) is 31.5. The van der Waals surface area contributed by atoms with Gasteiger partial charge in [-0.25, -0.2) is 12.8 Å². The second-order valence-corrected chi connectivity index (χ2v) is 11.8. The van der Waals surface area contributed by atoms with Gasteiger partial charge < -0.3 is 18.6 Å². The summed E-state index contributed by atoms with van der Waals surface area (Å²) in [5, 5.41) is 4.00. The number of ketones is 1. The molecule has 0 amide bonds. The van der Waals surface area contributed by atoms with Crippen molar-refractivity contribution in [3.05, 3.63) is 63.8 Å². The summed E-state index contributed by atoms with van der Waals surface area (Å²) in [5.41, 5.74) is 10.9. The van der Waals surface area contributed by atoms with E-state index in [0.717, 1.165) is 24.7 Å². The molecular formula is C29H35FN4O7S. The molecule has 1 aliphatic rings. The lowest BCUT2D eigenvalue weighted by Gasteiger charge is -2.25. The Morgan fingerprint density at radius 1 is 1.07 bits per heavy atom. The van der Waals surface area contributed by atoms with E-state index in [0.29, 0.717) is 60.0 Å². The Balaban J connectivity index is 1.51. The molecule has 2 aromatic carbocycles. The minimum absolute atomic E-state index is 0.0822. The van der Waals surface area contributed by atoms with Crippen LogP contribution >= 0.6 is 0 Å². The second kappa shape index (κ2) is 14.6. The van der Waals surface area contributed by atoms with Crippen LogP contribution in [0.2, 0.25) is 0 Å². The molecule has 1 saturated carbocycles. The molecule has 3 aromatic rings. The predicted molar refractivity (Wildman–Crippen MR) is 157 cm³/mol. The fraction of sp³-hybridized carbons (Fsp3) is 0.483. The number of halogens is 1. The van der Waals surface area contributed by atoms with E-state index in [1.54, 1.807) is 25.1 Å². The van der Waals surface area contributed by atoms with Gasteiger partial charge in [0.2, 0.25) is 10.0 Å². The minimum Gasteiger partial charge on any atom is -0.455 e. The largest absolute Gasteiger partial charge is 0.455 e. The molecular weight excluding hydrogens is 567 g/mol. The van der Waals surface area contributed by atoms with Crippen LogP contribution in [0.5, 0.6) is 0 Å². The first-order valence-corrected chi connectivity index (χ1v) is 15.7. The van der Waals surface area contributed by atoms with Crippen molar-refractivity contribution in [1.29, 1.82) is 0 Å². The number of hydrogen-bond donors (Lipinski definition) is 0. The van der Waals surface area contributed by atoms with Gasteiger partial charge in [0.25, 0.3) is 0 Å². The number of hydrogen-bond acceptors (Lipinski definition) is 8. The number of rotatable bonds is 18. The van der Waals surface area contributed by atoms with Gasteiger partial charge in [-0.05, 0) is 60.2 Å². The molecule has 0 atom stereocenters. The molecule has 0 saturated heterocycles. The van der Waals surface area contributed by atoms with Crippen molar-refractivity contribution in [3.63, 3.8) is 0 Å². The van der Waals surface area contributed by atoms with Gasteiger partial charge in [0.05, 0.1) is 63.7 Å². The summed E-state index contributed by atoms with van der Waals surface area (Å²) in [7, 11) is -3.69.